The predicted molar refractivity (Wildman–Crippen MR) is 138 cm³/mol. The lowest BCUT2D eigenvalue weighted by molar-refractivity contribution is -0.135. The van der Waals surface area contributed by atoms with E-state index in [1.165, 1.54) is 20.1 Å². The molecule has 1 aromatic heterocycles. The molecule has 0 aliphatic rings. The van der Waals surface area contributed by atoms with Gasteiger partial charge in [0, 0.05) is 19.7 Å². The zero-order valence-electron chi connectivity index (χ0n) is 22.2. The van der Waals surface area contributed by atoms with Gasteiger partial charge in [0.25, 0.3) is 11.8 Å². The van der Waals surface area contributed by atoms with E-state index in [1.54, 1.807) is 6.92 Å². The first-order chi connectivity index (χ1) is 18.2. The topological polar surface area (TPSA) is 172 Å². The van der Waals surface area contributed by atoms with E-state index in [2.05, 4.69) is 26.4 Å². The number of rotatable bonds is 15. The summed E-state index contributed by atoms with van der Waals surface area (Å²) in [7, 11) is 1.37. The van der Waals surface area contributed by atoms with Crippen molar-refractivity contribution in [3.05, 3.63) is 53.4 Å². The van der Waals surface area contributed by atoms with Crippen LogP contribution in [0.3, 0.4) is 0 Å². The quantitative estimate of drug-likeness (QED) is 0.222. The lowest BCUT2D eigenvalue weighted by atomic mass is 10.0. The fourth-order valence-electron chi connectivity index (χ4n) is 3.54. The number of methoxy groups -OCH3 is 1. The summed E-state index contributed by atoms with van der Waals surface area (Å²) in [6, 6.07) is 7.64. The number of hydrogen-bond donors (Lipinski definition) is 5. The molecule has 1 heterocycles. The number of nitrogens with one attached hydrogen (secondary N) is 4. The molecule has 0 spiro atoms. The fourth-order valence-corrected chi connectivity index (χ4v) is 3.54. The third kappa shape index (κ3) is 9.60. The lowest BCUT2D eigenvalue weighted by Crippen LogP contribution is -2.58. The van der Waals surface area contributed by atoms with Crippen LogP contribution in [0, 0.1) is 6.92 Å². The second-order valence-electron chi connectivity index (χ2n) is 8.94. The van der Waals surface area contributed by atoms with E-state index in [0.29, 0.717) is 18.6 Å². The van der Waals surface area contributed by atoms with Crippen LogP contribution in [0.2, 0.25) is 0 Å². The molecule has 4 amide bonds. The van der Waals surface area contributed by atoms with Gasteiger partial charge in [-0.05, 0) is 25.8 Å². The SMILES string of the molecule is CCCC[C@H](NC(=O)[C@H](COC)NC(=O)[C@H](C)NC(=O)c1cc(C)on1)C(O)C(=O)NCc1ccccc1. The highest BCUT2D eigenvalue weighted by Gasteiger charge is 2.31. The van der Waals surface area contributed by atoms with Crippen LogP contribution in [0.4, 0.5) is 0 Å². The second kappa shape index (κ2) is 15.5. The average Bonchev–Trinajstić information content (AvgIpc) is 3.35. The zero-order chi connectivity index (χ0) is 28.1. The van der Waals surface area contributed by atoms with Crippen LogP contribution < -0.4 is 21.3 Å². The van der Waals surface area contributed by atoms with Crippen LogP contribution in [0.1, 0.15) is 54.9 Å². The van der Waals surface area contributed by atoms with Gasteiger partial charge in [-0.2, -0.15) is 0 Å². The van der Waals surface area contributed by atoms with Gasteiger partial charge in [0.2, 0.25) is 11.8 Å². The number of hydrogen-bond acceptors (Lipinski definition) is 8. The number of amides is 4. The summed E-state index contributed by atoms with van der Waals surface area (Å²) in [5, 5.41) is 24.7. The first-order valence-electron chi connectivity index (χ1n) is 12.5. The summed E-state index contributed by atoms with van der Waals surface area (Å²) in [4.78, 5) is 50.7. The van der Waals surface area contributed by atoms with Crippen molar-refractivity contribution in [2.75, 3.05) is 13.7 Å². The largest absolute Gasteiger partial charge is 0.382 e. The highest BCUT2D eigenvalue weighted by Crippen LogP contribution is 2.08. The van der Waals surface area contributed by atoms with Crippen molar-refractivity contribution in [3.8, 4) is 0 Å². The molecule has 0 aliphatic heterocycles. The van der Waals surface area contributed by atoms with E-state index >= 15 is 0 Å². The molecule has 2 aromatic rings. The van der Waals surface area contributed by atoms with E-state index in [0.717, 1.165) is 12.0 Å². The maximum absolute atomic E-state index is 13.1. The van der Waals surface area contributed by atoms with E-state index in [-0.39, 0.29) is 18.8 Å². The molecule has 0 aliphatic carbocycles. The molecule has 0 bridgehead atoms. The summed E-state index contributed by atoms with van der Waals surface area (Å²) in [6.45, 7) is 5.09. The Morgan fingerprint density at radius 1 is 1.05 bits per heavy atom. The smallest absolute Gasteiger partial charge is 0.274 e. The Labute approximate surface area is 221 Å². The number of nitrogens with zero attached hydrogens (tertiary/aromatic N) is 1. The zero-order valence-corrected chi connectivity index (χ0v) is 22.2. The van der Waals surface area contributed by atoms with Crippen molar-refractivity contribution in [1.29, 1.82) is 0 Å². The van der Waals surface area contributed by atoms with Gasteiger partial charge in [-0.3, -0.25) is 19.2 Å². The molecule has 1 unspecified atom stereocenters. The minimum absolute atomic E-state index is 0.0200. The molecule has 5 N–H and O–H groups in total. The molecule has 4 atom stereocenters. The molecule has 0 saturated carbocycles. The predicted octanol–water partition coefficient (Wildman–Crippen LogP) is 0.585. The number of aliphatic hydroxyl groups is 1. The second-order valence-corrected chi connectivity index (χ2v) is 8.94. The van der Waals surface area contributed by atoms with Crippen LogP contribution >= 0.6 is 0 Å². The van der Waals surface area contributed by atoms with Crippen LogP contribution in [0.5, 0.6) is 0 Å². The summed E-state index contributed by atoms with van der Waals surface area (Å²) >= 11 is 0. The molecule has 1 aromatic carbocycles. The van der Waals surface area contributed by atoms with E-state index in [4.69, 9.17) is 9.26 Å². The highest BCUT2D eigenvalue weighted by molar-refractivity contribution is 5.97. The molecule has 12 heteroatoms. The monoisotopic (exact) mass is 531 g/mol. The molecule has 0 saturated heterocycles. The van der Waals surface area contributed by atoms with Crippen LogP contribution in [0.15, 0.2) is 40.9 Å². The Morgan fingerprint density at radius 2 is 1.76 bits per heavy atom. The Balaban J connectivity index is 2.00. The number of ether oxygens (including phenoxy) is 1. The molecule has 2 rings (SSSR count). The first kappa shape index (κ1) is 30.5. The van der Waals surface area contributed by atoms with Gasteiger partial charge < -0.3 is 35.6 Å². The first-order valence-corrected chi connectivity index (χ1v) is 12.5. The van der Waals surface area contributed by atoms with E-state index < -0.39 is 47.9 Å². The minimum Gasteiger partial charge on any atom is -0.382 e. The van der Waals surface area contributed by atoms with Crippen LogP contribution in [0.25, 0.3) is 0 Å². The summed E-state index contributed by atoms with van der Waals surface area (Å²) in [5.74, 6) is -2.06. The Hall–Kier alpha value is -3.77. The molecular weight excluding hydrogens is 494 g/mol. The number of aliphatic hydroxyl groups excluding tert-OH is 1. The molecule has 208 valence electrons. The highest BCUT2D eigenvalue weighted by atomic mass is 16.5. The van der Waals surface area contributed by atoms with Crippen molar-refractivity contribution in [3.63, 3.8) is 0 Å². The van der Waals surface area contributed by atoms with Crippen LogP contribution in [-0.2, 0) is 25.7 Å². The lowest BCUT2D eigenvalue weighted by Gasteiger charge is -2.27. The number of unbranched alkanes of at least 4 members (excludes halogenated alkanes) is 1. The van der Waals surface area contributed by atoms with E-state index in [1.807, 2.05) is 37.3 Å². The van der Waals surface area contributed by atoms with Gasteiger partial charge in [0.15, 0.2) is 11.8 Å². The number of carbonyl (C=O) groups excluding carboxylic acids is 4. The Kier molecular flexibility index (Phi) is 12.4. The summed E-state index contributed by atoms with van der Waals surface area (Å²) < 4.78 is 9.95. The standard InChI is InChI=1S/C26H37N5O7/c1-5-6-12-19(22(32)26(36)27-14-18-10-8-7-9-11-18)29-25(35)21(15-37-4)30-23(33)17(3)28-24(34)20-13-16(2)38-31-20/h7-11,13,17,19,21-22,32H,5-6,12,14-15H2,1-4H3,(H,27,36)(H,28,34)(H,29,35)(H,30,33)/t17-,19-,21-,22?/m0/s1. The normalized spacial score (nSPS) is 14.0. The van der Waals surface area contributed by atoms with Gasteiger partial charge in [-0.1, -0.05) is 55.3 Å². The number of benzene rings is 1. The molecule has 12 nitrogen and oxygen atoms in total. The van der Waals surface area contributed by atoms with Crippen molar-refractivity contribution >= 4 is 23.6 Å². The molecule has 0 fully saturated rings. The fraction of sp³-hybridized carbons (Fsp3) is 0.500. The van der Waals surface area contributed by atoms with Gasteiger partial charge in [-0.15, -0.1) is 0 Å². The number of aromatic nitrogens is 1. The summed E-state index contributed by atoms with van der Waals surface area (Å²) in [5.41, 5.74) is 0.886. The number of carbonyl (C=O) groups is 4. The van der Waals surface area contributed by atoms with Crippen molar-refractivity contribution in [1.82, 2.24) is 26.4 Å². The molecule has 38 heavy (non-hydrogen) atoms. The minimum atomic E-state index is -1.50. The van der Waals surface area contributed by atoms with Gasteiger partial charge >= 0.3 is 0 Å². The van der Waals surface area contributed by atoms with Crippen molar-refractivity contribution in [2.24, 2.45) is 0 Å². The number of aryl methyl sites for hydroxylation is 1. The van der Waals surface area contributed by atoms with Gasteiger partial charge in [0.1, 0.15) is 17.8 Å². The Morgan fingerprint density at radius 3 is 2.37 bits per heavy atom. The van der Waals surface area contributed by atoms with Gasteiger partial charge in [-0.25, -0.2) is 0 Å². The van der Waals surface area contributed by atoms with Crippen molar-refractivity contribution < 1.29 is 33.5 Å². The maximum Gasteiger partial charge on any atom is 0.274 e. The van der Waals surface area contributed by atoms with Crippen molar-refractivity contribution in [2.45, 2.75) is 70.8 Å². The van der Waals surface area contributed by atoms with E-state index in [9.17, 15) is 24.3 Å². The van der Waals surface area contributed by atoms with Gasteiger partial charge in [0.05, 0.1) is 12.6 Å². The van der Waals surface area contributed by atoms with Crippen LogP contribution in [-0.4, -0.2) is 71.8 Å². The Bertz CT molecular complexity index is 1060. The summed E-state index contributed by atoms with van der Waals surface area (Å²) in [6.07, 6.45) is 0.280. The average molecular weight is 532 g/mol. The molecule has 0 radical (unpaired) electrons. The third-order valence-corrected chi connectivity index (χ3v) is 5.72. The third-order valence-electron chi connectivity index (χ3n) is 5.72. The maximum atomic E-state index is 13.1. The molecular formula is C26H37N5O7.